The Bertz CT molecular complexity index is 940. The topological polar surface area (TPSA) is 77.3 Å². The molecule has 6 nitrogen and oxygen atoms in total. The summed E-state index contributed by atoms with van der Waals surface area (Å²) < 4.78 is 10.9. The van der Waals surface area contributed by atoms with Crippen LogP contribution in [-0.4, -0.2) is 28.5 Å². The highest BCUT2D eigenvalue weighted by molar-refractivity contribution is 8.00. The number of para-hydroxylation sites is 1. The van der Waals surface area contributed by atoms with Crippen molar-refractivity contribution in [3.63, 3.8) is 0 Å². The van der Waals surface area contributed by atoms with E-state index in [0.29, 0.717) is 17.5 Å². The third-order valence-corrected chi connectivity index (χ3v) is 5.55. The van der Waals surface area contributed by atoms with Gasteiger partial charge in [-0.1, -0.05) is 42.1 Å². The zero-order valence-corrected chi connectivity index (χ0v) is 15.7. The van der Waals surface area contributed by atoms with Crippen LogP contribution in [0.15, 0.2) is 58.2 Å². The van der Waals surface area contributed by atoms with Crippen LogP contribution in [0, 0.1) is 0 Å². The van der Waals surface area contributed by atoms with E-state index in [9.17, 15) is 4.79 Å². The van der Waals surface area contributed by atoms with Gasteiger partial charge in [-0.05, 0) is 42.2 Å². The second kappa shape index (κ2) is 7.84. The first-order valence-corrected chi connectivity index (χ1v) is 9.60. The molecule has 7 heteroatoms. The number of fused-ring (bicyclic) bond motifs is 1. The zero-order valence-electron chi connectivity index (χ0n) is 14.8. The van der Waals surface area contributed by atoms with E-state index in [2.05, 4.69) is 15.5 Å². The van der Waals surface area contributed by atoms with Gasteiger partial charge >= 0.3 is 0 Å². The van der Waals surface area contributed by atoms with Crippen molar-refractivity contribution in [3.05, 3.63) is 65.5 Å². The van der Waals surface area contributed by atoms with Crippen LogP contribution in [0.4, 0.5) is 5.69 Å². The number of hydrogen-bond acceptors (Lipinski definition) is 6. The van der Waals surface area contributed by atoms with E-state index < -0.39 is 0 Å². The van der Waals surface area contributed by atoms with Crippen LogP contribution in [0.1, 0.15) is 23.4 Å². The molecule has 27 heavy (non-hydrogen) atoms. The van der Waals surface area contributed by atoms with Gasteiger partial charge in [-0.2, -0.15) is 0 Å². The number of hydrogen-bond donors (Lipinski definition) is 1. The summed E-state index contributed by atoms with van der Waals surface area (Å²) in [5.74, 6) is 1.31. The number of anilines is 1. The number of thioether (sulfide) groups is 1. The maximum atomic E-state index is 12.5. The molecule has 0 spiro atoms. The number of methoxy groups -OCH3 is 1. The molecule has 1 amide bonds. The number of nitrogens with zero attached hydrogens (tertiary/aromatic N) is 2. The molecule has 2 aromatic carbocycles. The summed E-state index contributed by atoms with van der Waals surface area (Å²) in [5, 5.41) is 11.4. The molecule has 1 atom stereocenters. The third kappa shape index (κ3) is 4.14. The van der Waals surface area contributed by atoms with E-state index in [4.69, 9.17) is 9.15 Å². The second-order valence-corrected chi connectivity index (χ2v) is 7.43. The van der Waals surface area contributed by atoms with Crippen LogP contribution < -0.4 is 10.1 Å². The number of carbonyl (C=O) groups is 1. The summed E-state index contributed by atoms with van der Waals surface area (Å²) in [4.78, 5) is 12.5. The standard InChI is InChI=1S/C20H19N3O3S/c1-25-15-9-6-13(7-10-15)12-18-22-23-20(26-18)27-17-11-8-14-4-2-3-5-16(14)21-19(17)24/h2-7,9-10,17H,8,11-12H2,1H3,(H,21,24). The molecule has 138 valence electrons. The molecule has 0 bridgehead atoms. The lowest BCUT2D eigenvalue weighted by atomic mass is 10.1. The quantitative estimate of drug-likeness (QED) is 0.726. The molecule has 0 saturated carbocycles. The van der Waals surface area contributed by atoms with Crippen molar-refractivity contribution < 1.29 is 13.9 Å². The molecule has 1 aromatic heterocycles. The molecule has 0 saturated heterocycles. The molecule has 1 aliphatic heterocycles. The minimum Gasteiger partial charge on any atom is -0.497 e. The van der Waals surface area contributed by atoms with Crippen LogP contribution in [0.25, 0.3) is 0 Å². The van der Waals surface area contributed by atoms with Crippen LogP contribution in [0.5, 0.6) is 5.75 Å². The number of aromatic nitrogens is 2. The van der Waals surface area contributed by atoms with Gasteiger partial charge in [0.2, 0.25) is 11.8 Å². The minimum atomic E-state index is -0.258. The van der Waals surface area contributed by atoms with Crippen LogP contribution in [0.2, 0.25) is 0 Å². The fraction of sp³-hybridized carbons (Fsp3) is 0.250. The molecule has 0 aliphatic carbocycles. The first-order valence-electron chi connectivity index (χ1n) is 8.72. The normalized spacial score (nSPS) is 16.3. The third-order valence-electron chi connectivity index (χ3n) is 4.45. The lowest BCUT2D eigenvalue weighted by molar-refractivity contribution is -0.115. The Kier molecular flexibility index (Phi) is 5.11. The average Bonchev–Trinajstić information content (AvgIpc) is 3.06. The zero-order chi connectivity index (χ0) is 18.6. The van der Waals surface area contributed by atoms with Crippen molar-refractivity contribution in [1.29, 1.82) is 0 Å². The number of nitrogens with one attached hydrogen (secondary N) is 1. The van der Waals surface area contributed by atoms with Gasteiger partial charge < -0.3 is 14.5 Å². The van der Waals surface area contributed by atoms with Gasteiger partial charge in [0.1, 0.15) is 5.75 Å². The van der Waals surface area contributed by atoms with Gasteiger partial charge in [0.05, 0.1) is 18.8 Å². The largest absolute Gasteiger partial charge is 0.497 e. The molecule has 3 aromatic rings. The number of aryl methyl sites for hydroxylation is 1. The SMILES string of the molecule is COc1ccc(Cc2nnc(SC3CCc4ccccc4NC3=O)o2)cc1. The molecular weight excluding hydrogens is 362 g/mol. The van der Waals surface area contributed by atoms with Crippen molar-refractivity contribution in [2.45, 2.75) is 29.7 Å². The number of carbonyl (C=O) groups excluding carboxylic acids is 1. The highest BCUT2D eigenvalue weighted by Crippen LogP contribution is 2.31. The molecule has 2 heterocycles. The molecule has 0 radical (unpaired) electrons. The average molecular weight is 381 g/mol. The van der Waals surface area contributed by atoms with E-state index >= 15 is 0 Å². The Balaban J connectivity index is 1.41. The predicted molar refractivity (Wildman–Crippen MR) is 103 cm³/mol. The van der Waals surface area contributed by atoms with Crippen molar-refractivity contribution in [1.82, 2.24) is 10.2 Å². The number of amides is 1. The predicted octanol–water partition coefficient (Wildman–Crippen LogP) is 3.71. The summed E-state index contributed by atoms with van der Waals surface area (Å²) in [6.07, 6.45) is 2.10. The van der Waals surface area contributed by atoms with Gasteiger partial charge in [0.15, 0.2) is 0 Å². The first-order chi connectivity index (χ1) is 13.2. The Morgan fingerprint density at radius 1 is 1.19 bits per heavy atom. The van der Waals surface area contributed by atoms with Crippen molar-refractivity contribution in [2.24, 2.45) is 0 Å². The second-order valence-electron chi connectivity index (χ2n) is 6.28. The summed E-state index contributed by atoms with van der Waals surface area (Å²) in [5.41, 5.74) is 3.09. The smallest absolute Gasteiger partial charge is 0.277 e. The van der Waals surface area contributed by atoms with E-state index in [0.717, 1.165) is 35.4 Å². The molecule has 1 aliphatic rings. The van der Waals surface area contributed by atoms with Gasteiger partial charge in [-0.3, -0.25) is 4.79 Å². The van der Waals surface area contributed by atoms with Crippen molar-refractivity contribution in [3.8, 4) is 5.75 Å². The minimum absolute atomic E-state index is 0.0279. The highest BCUT2D eigenvalue weighted by Gasteiger charge is 2.26. The molecular formula is C20H19N3O3S. The van der Waals surface area contributed by atoms with E-state index in [1.165, 1.54) is 11.8 Å². The Labute approximate surface area is 161 Å². The van der Waals surface area contributed by atoms with E-state index in [1.807, 2.05) is 48.5 Å². The lowest BCUT2D eigenvalue weighted by Gasteiger charge is -2.09. The summed E-state index contributed by atoms with van der Waals surface area (Å²) >= 11 is 1.32. The molecule has 4 rings (SSSR count). The van der Waals surface area contributed by atoms with Gasteiger partial charge in [0, 0.05) is 5.69 Å². The number of ether oxygens (including phenoxy) is 1. The Morgan fingerprint density at radius 3 is 2.81 bits per heavy atom. The van der Waals surface area contributed by atoms with Crippen LogP contribution in [0.3, 0.4) is 0 Å². The summed E-state index contributed by atoms with van der Waals surface area (Å²) in [7, 11) is 1.64. The maximum Gasteiger partial charge on any atom is 0.277 e. The first kappa shape index (κ1) is 17.6. The molecule has 0 fully saturated rings. The fourth-order valence-corrected chi connectivity index (χ4v) is 3.88. The lowest BCUT2D eigenvalue weighted by Crippen LogP contribution is -2.23. The Hall–Kier alpha value is -2.80. The Morgan fingerprint density at radius 2 is 2.00 bits per heavy atom. The van der Waals surface area contributed by atoms with E-state index in [-0.39, 0.29) is 11.2 Å². The van der Waals surface area contributed by atoms with Crippen molar-refractivity contribution >= 4 is 23.4 Å². The summed E-state index contributed by atoms with van der Waals surface area (Å²) in [6, 6.07) is 15.6. The molecule has 1 unspecified atom stereocenters. The van der Waals surface area contributed by atoms with E-state index in [1.54, 1.807) is 7.11 Å². The maximum absolute atomic E-state index is 12.5. The summed E-state index contributed by atoms with van der Waals surface area (Å²) in [6.45, 7) is 0. The fourth-order valence-electron chi connectivity index (χ4n) is 3.00. The van der Waals surface area contributed by atoms with Gasteiger partial charge in [-0.15, -0.1) is 10.2 Å². The van der Waals surface area contributed by atoms with Gasteiger partial charge in [-0.25, -0.2) is 0 Å². The van der Waals surface area contributed by atoms with Gasteiger partial charge in [0.25, 0.3) is 5.22 Å². The van der Waals surface area contributed by atoms with Crippen LogP contribution >= 0.6 is 11.8 Å². The monoisotopic (exact) mass is 381 g/mol. The van der Waals surface area contributed by atoms with Crippen LogP contribution in [-0.2, 0) is 17.6 Å². The van der Waals surface area contributed by atoms with Crippen molar-refractivity contribution in [2.75, 3.05) is 12.4 Å². The molecule has 1 N–H and O–H groups in total. The highest BCUT2D eigenvalue weighted by atomic mass is 32.2. The number of rotatable bonds is 5. The number of benzene rings is 2.